The quantitative estimate of drug-likeness (QED) is 0.687. The molecule has 5 nitrogen and oxygen atoms in total. The van der Waals surface area contributed by atoms with E-state index in [1.165, 1.54) is 0 Å². The molecule has 1 amide bonds. The number of hydrogen-bond donors (Lipinski definition) is 1. The van der Waals surface area contributed by atoms with E-state index in [-0.39, 0.29) is 0 Å². The highest BCUT2D eigenvalue weighted by Crippen LogP contribution is 2.22. The number of ether oxygens (including phenoxy) is 2. The first-order valence-electron chi connectivity index (χ1n) is 6.87. The summed E-state index contributed by atoms with van der Waals surface area (Å²) in [6, 6.07) is 4.83. The molecule has 5 heteroatoms. The van der Waals surface area contributed by atoms with Crippen molar-refractivity contribution in [3.63, 3.8) is 0 Å². The molecule has 1 aromatic rings. The number of aryl methyl sites for hydroxylation is 2. The molecular formula is C16H23NO4. The van der Waals surface area contributed by atoms with E-state index in [9.17, 15) is 9.59 Å². The van der Waals surface area contributed by atoms with Crippen LogP contribution in [-0.2, 0) is 9.53 Å². The van der Waals surface area contributed by atoms with Crippen LogP contribution < -0.4 is 10.1 Å². The van der Waals surface area contributed by atoms with Crippen molar-refractivity contribution >= 4 is 12.1 Å². The van der Waals surface area contributed by atoms with Crippen LogP contribution in [0.4, 0.5) is 4.79 Å². The monoisotopic (exact) mass is 293 g/mol. The standard InChI is InChI=1S/C16H23NO4/c1-10-8-7-9-11(2)13(10)20-14(18)12(3)17-15(19)21-16(4,5)6/h7-9,12H,1-6H3,(H,17,19)/t12-/m0/s1. The fourth-order valence-electron chi connectivity index (χ4n) is 1.69. The number of alkyl carbamates (subject to hydrolysis) is 1. The van der Waals surface area contributed by atoms with E-state index in [2.05, 4.69) is 5.32 Å². The van der Waals surface area contributed by atoms with Crippen molar-refractivity contribution in [2.24, 2.45) is 0 Å². The van der Waals surface area contributed by atoms with Gasteiger partial charge in [-0.05, 0) is 52.7 Å². The Morgan fingerprint density at radius 1 is 1.14 bits per heavy atom. The molecule has 0 unspecified atom stereocenters. The second kappa shape index (κ2) is 6.61. The molecule has 1 N–H and O–H groups in total. The predicted octanol–water partition coefficient (Wildman–Crippen LogP) is 3.12. The van der Waals surface area contributed by atoms with E-state index in [0.717, 1.165) is 11.1 Å². The Morgan fingerprint density at radius 2 is 1.67 bits per heavy atom. The van der Waals surface area contributed by atoms with Crippen LogP contribution in [0.2, 0.25) is 0 Å². The highest BCUT2D eigenvalue weighted by Gasteiger charge is 2.23. The Hall–Kier alpha value is -2.04. The van der Waals surface area contributed by atoms with E-state index in [1.54, 1.807) is 27.7 Å². The number of carbonyl (C=O) groups is 2. The van der Waals surface area contributed by atoms with Crippen molar-refractivity contribution in [3.8, 4) is 5.75 Å². The van der Waals surface area contributed by atoms with E-state index in [0.29, 0.717) is 5.75 Å². The van der Waals surface area contributed by atoms with Gasteiger partial charge in [0, 0.05) is 0 Å². The zero-order chi connectivity index (χ0) is 16.2. The number of carbonyl (C=O) groups excluding carboxylic acids is 2. The first-order valence-corrected chi connectivity index (χ1v) is 6.87. The summed E-state index contributed by atoms with van der Waals surface area (Å²) in [5, 5.41) is 2.46. The lowest BCUT2D eigenvalue weighted by atomic mass is 10.1. The number of hydrogen-bond acceptors (Lipinski definition) is 4. The van der Waals surface area contributed by atoms with Crippen LogP contribution in [0.5, 0.6) is 5.75 Å². The fraction of sp³-hybridized carbons (Fsp3) is 0.500. The van der Waals surface area contributed by atoms with Crippen LogP contribution >= 0.6 is 0 Å². The second-order valence-electron chi connectivity index (χ2n) is 6.01. The van der Waals surface area contributed by atoms with Crippen molar-refractivity contribution in [1.82, 2.24) is 5.32 Å². The lowest BCUT2D eigenvalue weighted by Gasteiger charge is -2.21. The van der Waals surface area contributed by atoms with Gasteiger partial charge in [0.15, 0.2) is 0 Å². The molecule has 1 rings (SSSR count). The lowest BCUT2D eigenvalue weighted by Crippen LogP contribution is -2.43. The fourth-order valence-corrected chi connectivity index (χ4v) is 1.69. The number of para-hydroxylation sites is 1. The van der Waals surface area contributed by atoms with Gasteiger partial charge in [0.2, 0.25) is 0 Å². The molecule has 0 saturated carbocycles. The largest absolute Gasteiger partial charge is 0.444 e. The predicted molar refractivity (Wildman–Crippen MR) is 80.4 cm³/mol. The number of benzene rings is 1. The summed E-state index contributed by atoms with van der Waals surface area (Å²) in [6.07, 6.45) is -0.645. The molecule has 0 aliphatic heterocycles. The summed E-state index contributed by atoms with van der Waals surface area (Å²) in [6.45, 7) is 10.5. The molecule has 0 heterocycles. The topological polar surface area (TPSA) is 64.6 Å². The van der Waals surface area contributed by atoms with E-state index in [1.807, 2.05) is 32.0 Å². The highest BCUT2D eigenvalue weighted by atomic mass is 16.6. The first-order chi connectivity index (χ1) is 9.60. The maximum atomic E-state index is 12.0. The summed E-state index contributed by atoms with van der Waals surface area (Å²) in [5.74, 6) is -0.00130. The van der Waals surface area contributed by atoms with E-state index in [4.69, 9.17) is 9.47 Å². The Kier molecular flexibility index (Phi) is 5.35. The zero-order valence-electron chi connectivity index (χ0n) is 13.4. The van der Waals surface area contributed by atoms with Crippen LogP contribution in [0.3, 0.4) is 0 Å². The average Bonchev–Trinajstić information content (AvgIpc) is 2.31. The van der Waals surface area contributed by atoms with Crippen LogP contribution in [-0.4, -0.2) is 23.7 Å². The molecule has 116 valence electrons. The molecule has 0 aliphatic carbocycles. The van der Waals surface area contributed by atoms with Crippen LogP contribution in [0.15, 0.2) is 18.2 Å². The van der Waals surface area contributed by atoms with Gasteiger partial charge in [-0.25, -0.2) is 9.59 Å². The van der Waals surface area contributed by atoms with Gasteiger partial charge in [-0.3, -0.25) is 0 Å². The molecule has 1 aromatic carbocycles. The van der Waals surface area contributed by atoms with Crippen LogP contribution in [0, 0.1) is 13.8 Å². The SMILES string of the molecule is Cc1cccc(C)c1OC(=O)[C@H](C)NC(=O)OC(C)(C)C. The third-order valence-electron chi connectivity index (χ3n) is 2.70. The van der Waals surface area contributed by atoms with Crippen molar-refractivity contribution < 1.29 is 19.1 Å². The summed E-state index contributed by atoms with van der Waals surface area (Å²) >= 11 is 0. The third-order valence-corrected chi connectivity index (χ3v) is 2.70. The van der Waals surface area contributed by atoms with Gasteiger partial charge in [0.05, 0.1) is 0 Å². The third kappa shape index (κ3) is 5.45. The molecule has 21 heavy (non-hydrogen) atoms. The molecule has 0 saturated heterocycles. The maximum absolute atomic E-state index is 12.0. The lowest BCUT2D eigenvalue weighted by molar-refractivity contribution is -0.136. The Bertz CT molecular complexity index is 511. The molecule has 0 spiro atoms. The van der Waals surface area contributed by atoms with Gasteiger partial charge in [0.25, 0.3) is 0 Å². The minimum absolute atomic E-state index is 0.528. The van der Waals surface area contributed by atoms with Crippen molar-refractivity contribution in [1.29, 1.82) is 0 Å². The van der Waals surface area contributed by atoms with Gasteiger partial charge in [-0.15, -0.1) is 0 Å². The van der Waals surface area contributed by atoms with E-state index >= 15 is 0 Å². The van der Waals surface area contributed by atoms with Crippen LogP contribution in [0.25, 0.3) is 0 Å². The zero-order valence-corrected chi connectivity index (χ0v) is 13.4. The number of rotatable bonds is 3. The Balaban J connectivity index is 2.65. The Labute approximate surface area is 125 Å². The summed E-state index contributed by atoms with van der Waals surface area (Å²) in [4.78, 5) is 23.6. The van der Waals surface area contributed by atoms with Gasteiger partial charge in [-0.1, -0.05) is 18.2 Å². The normalized spacial score (nSPS) is 12.5. The molecule has 0 aliphatic rings. The van der Waals surface area contributed by atoms with Crippen molar-refractivity contribution in [3.05, 3.63) is 29.3 Å². The summed E-state index contributed by atoms with van der Waals surface area (Å²) < 4.78 is 10.5. The molecule has 0 radical (unpaired) electrons. The van der Waals surface area contributed by atoms with Crippen LogP contribution in [0.1, 0.15) is 38.8 Å². The molecule has 0 fully saturated rings. The number of nitrogens with one attached hydrogen (secondary N) is 1. The Morgan fingerprint density at radius 3 is 2.14 bits per heavy atom. The minimum atomic E-state index is -0.793. The molecule has 0 aromatic heterocycles. The average molecular weight is 293 g/mol. The molecule has 1 atom stereocenters. The van der Waals surface area contributed by atoms with Crippen molar-refractivity contribution in [2.75, 3.05) is 0 Å². The van der Waals surface area contributed by atoms with Gasteiger partial charge in [0.1, 0.15) is 17.4 Å². The minimum Gasteiger partial charge on any atom is -0.444 e. The first kappa shape index (κ1) is 17.0. The number of amides is 1. The van der Waals surface area contributed by atoms with Gasteiger partial charge in [-0.2, -0.15) is 0 Å². The second-order valence-corrected chi connectivity index (χ2v) is 6.01. The molecule has 0 bridgehead atoms. The van der Waals surface area contributed by atoms with E-state index < -0.39 is 23.7 Å². The molecular weight excluding hydrogens is 270 g/mol. The highest BCUT2D eigenvalue weighted by molar-refractivity contribution is 5.83. The smallest absolute Gasteiger partial charge is 0.408 e. The summed E-state index contributed by atoms with van der Waals surface area (Å²) in [7, 11) is 0. The number of esters is 1. The van der Waals surface area contributed by atoms with Gasteiger partial charge >= 0.3 is 12.1 Å². The van der Waals surface area contributed by atoms with Gasteiger partial charge < -0.3 is 14.8 Å². The van der Waals surface area contributed by atoms with Crippen molar-refractivity contribution in [2.45, 2.75) is 53.2 Å². The maximum Gasteiger partial charge on any atom is 0.408 e. The summed E-state index contributed by atoms with van der Waals surface area (Å²) in [5.41, 5.74) is 1.13.